The van der Waals surface area contributed by atoms with E-state index in [4.69, 9.17) is 5.73 Å². The standard InChI is InChI=1S/C22H27N3O2S/c1-17-12-14-20(15-13-17)28(26,27)24-22(23)25(16-19-9-4-3-5-10-19)21-11-7-6-8-18(21)2/h3-5,9-10,12-15,21H,2,6-8,11,16H2,1H3,(H2,23,24). The van der Waals surface area contributed by atoms with Crippen molar-refractivity contribution in [3.05, 3.63) is 77.9 Å². The fourth-order valence-corrected chi connectivity index (χ4v) is 4.44. The zero-order valence-electron chi connectivity index (χ0n) is 16.2. The number of hydrogen-bond donors (Lipinski definition) is 1. The molecular formula is C22H27N3O2S. The highest BCUT2D eigenvalue weighted by Crippen LogP contribution is 2.28. The monoisotopic (exact) mass is 397 g/mol. The van der Waals surface area contributed by atoms with Crippen LogP contribution in [0.15, 0.2) is 76.0 Å². The van der Waals surface area contributed by atoms with Crippen molar-refractivity contribution in [3.8, 4) is 0 Å². The van der Waals surface area contributed by atoms with Crippen LogP contribution in [-0.2, 0) is 16.6 Å². The van der Waals surface area contributed by atoms with Gasteiger partial charge in [0, 0.05) is 6.54 Å². The SMILES string of the molecule is C=C1CCCCC1N(Cc1ccccc1)/C(N)=N/S(=O)(=O)c1ccc(C)cc1. The van der Waals surface area contributed by atoms with Crippen LogP contribution in [0, 0.1) is 6.92 Å². The third kappa shape index (κ3) is 4.81. The van der Waals surface area contributed by atoms with Gasteiger partial charge in [0.05, 0.1) is 10.9 Å². The molecule has 1 aliphatic carbocycles. The lowest BCUT2D eigenvalue weighted by atomic mass is 9.90. The topological polar surface area (TPSA) is 75.8 Å². The molecular weight excluding hydrogens is 370 g/mol. The van der Waals surface area contributed by atoms with Gasteiger partial charge in [-0.25, -0.2) is 0 Å². The van der Waals surface area contributed by atoms with Crippen LogP contribution in [0.4, 0.5) is 0 Å². The molecule has 0 saturated heterocycles. The molecule has 1 unspecified atom stereocenters. The second-order valence-electron chi connectivity index (χ2n) is 7.27. The van der Waals surface area contributed by atoms with E-state index >= 15 is 0 Å². The van der Waals surface area contributed by atoms with E-state index in [-0.39, 0.29) is 16.9 Å². The molecule has 5 nitrogen and oxygen atoms in total. The first-order chi connectivity index (χ1) is 13.4. The van der Waals surface area contributed by atoms with Gasteiger partial charge in [0.15, 0.2) is 0 Å². The van der Waals surface area contributed by atoms with E-state index in [0.717, 1.165) is 42.4 Å². The third-order valence-corrected chi connectivity index (χ3v) is 6.39. The van der Waals surface area contributed by atoms with Gasteiger partial charge >= 0.3 is 0 Å². The summed E-state index contributed by atoms with van der Waals surface area (Å²) >= 11 is 0. The Hall–Kier alpha value is -2.60. The van der Waals surface area contributed by atoms with Gasteiger partial charge in [-0.3, -0.25) is 0 Å². The van der Waals surface area contributed by atoms with Gasteiger partial charge < -0.3 is 10.6 Å². The Morgan fingerprint density at radius 2 is 1.82 bits per heavy atom. The maximum absolute atomic E-state index is 12.8. The molecule has 1 aliphatic rings. The fraction of sp³-hybridized carbons (Fsp3) is 0.318. The summed E-state index contributed by atoms with van der Waals surface area (Å²) in [6.07, 6.45) is 3.99. The maximum atomic E-state index is 12.8. The molecule has 0 heterocycles. The molecule has 0 amide bonds. The number of aryl methyl sites for hydroxylation is 1. The van der Waals surface area contributed by atoms with Crippen molar-refractivity contribution in [2.75, 3.05) is 0 Å². The average molecular weight is 398 g/mol. The molecule has 1 saturated carbocycles. The Kier molecular flexibility index (Phi) is 6.19. The lowest BCUT2D eigenvalue weighted by Gasteiger charge is -2.36. The molecule has 2 aromatic rings. The van der Waals surface area contributed by atoms with E-state index < -0.39 is 10.0 Å². The van der Waals surface area contributed by atoms with Crippen molar-refractivity contribution < 1.29 is 8.42 Å². The summed E-state index contributed by atoms with van der Waals surface area (Å²) in [4.78, 5) is 2.02. The molecule has 28 heavy (non-hydrogen) atoms. The Morgan fingerprint density at radius 1 is 1.14 bits per heavy atom. The number of sulfonamides is 1. The molecule has 1 fully saturated rings. The lowest BCUT2D eigenvalue weighted by molar-refractivity contribution is 0.290. The van der Waals surface area contributed by atoms with E-state index in [1.165, 1.54) is 0 Å². The first-order valence-corrected chi connectivity index (χ1v) is 11.0. The summed E-state index contributed by atoms with van der Waals surface area (Å²) in [5.41, 5.74) is 9.38. The average Bonchev–Trinajstić information content (AvgIpc) is 2.67. The minimum atomic E-state index is -3.88. The first kappa shape index (κ1) is 20.1. The summed E-state index contributed by atoms with van der Waals surface area (Å²) in [6, 6.07) is 16.5. The third-order valence-electron chi connectivity index (χ3n) is 5.10. The zero-order chi connectivity index (χ0) is 20.1. The molecule has 0 aliphatic heterocycles. The van der Waals surface area contributed by atoms with Gasteiger partial charge in [-0.05, 0) is 43.9 Å². The van der Waals surface area contributed by atoms with Crippen molar-refractivity contribution in [2.24, 2.45) is 10.1 Å². The first-order valence-electron chi connectivity index (χ1n) is 9.52. The van der Waals surface area contributed by atoms with Gasteiger partial charge in [-0.2, -0.15) is 8.42 Å². The quantitative estimate of drug-likeness (QED) is 0.470. The predicted molar refractivity (Wildman–Crippen MR) is 113 cm³/mol. The van der Waals surface area contributed by atoms with Crippen LogP contribution in [-0.4, -0.2) is 25.3 Å². The van der Waals surface area contributed by atoms with E-state index in [2.05, 4.69) is 11.0 Å². The fourth-order valence-electron chi connectivity index (χ4n) is 3.51. The van der Waals surface area contributed by atoms with Gasteiger partial charge in [0.25, 0.3) is 10.0 Å². The van der Waals surface area contributed by atoms with E-state index in [1.54, 1.807) is 24.3 Å². The lowest BCUT2D eigenvalue weighted by Crippen LogP contribution is -2.46. The van der Waals surface area contributed by atoms with Gasteiger partial charge in [0.2, 0.25) is 5.96 Å². The number of guanidine groups is 1. The number of benzene rings is 2. The van der Waals surface area contributed by atoms with E-state index in [9.17, 15) is 8.42 Å². The van der Waals surface area contributed by atoms with Crippen LogP contribution in [0.25, 0.3) is 0 Å². The van der Waals surface area contributed by atoms with Crippen LogP contribution >= 0.6 is 0 Å². The summed E-state index contributed by atoms with van der Waals surface area (Å²) in [7, 11) is -3.88. The summed E-state index contributed by atoms with van der Waals surface area (Å²) in [5.74, 6) is 0.0116. The van der Waals surface area contributed by atoms with Crippen molar-refractivity contribution in [2.45, 2.75) is 50.1 Å². The minimum absolute atomic E-state index is 0.00840. The highest BCUT2D eigenvalue weighted by Gasteiger charge is 2.27. The second kappa shape index (κ2) is 8.61. The second-order valence-corrected chi connectivity index (χ2v) is 8.88. The van der Waals surface area contributed by atoms with Crippen molar-refractivity contribution in [3.63, 3.8) is 0 Å². The summed E-state index contributed by atoms with van der Waals surface area (Å²) in [6.45, 7) is 6.60. The minimum Gasteiger partial charge on any atom is -0.369 e. The van der Waals surface area contributed by atoms with Crippen LogP contribution < -0.4 is 5.73 Å². The normalized spacial score (nSPS) is 18.1. The molecule has 1 atom stereocenters. The zero-order valence-corrected chi connectivity index (χ0v) is 17.0. The van der Waals surface area contributed by atoms with Crippen LogP contribution in [0.3, 0.4) is 0 Å². The molecule has 2 aromatic carbocycles. The Bertz CT molecular complexity index is 951. The Balaban J connectivity index is 1.94. The summed E-state index contributed by atoms with van der Waals surface area (Å²) < 4.78 is 29.5. The van der Waals surface area contributed by atoms with Gasteiger partial charge in [-0.1, -0.05) is 66.6 Å². The van der Waals surface area contributed by atoms with Crippen molar-refractivity contribution in [1.29, 1.82) is 0 Å². The van der Waals surface area contributed by atoms with E-state index in [1.807, 2.05) is 42.2 Å². The molecule has 0 radical (unpaired) electrons. The largest absolute Gasteiger partial charge is 0.369 e. The van der Waals surface area contributed by atoms with Crippen molar-refractivity contribution in [1.82, 2.24) is 4.90 Å². The highest BCUT2D eigenvalue weighted by atomic mass is 32.2. The number of hydrogen-bond acceptors (Lipinski definition) is 2. The summed E-state index contributed by atoms with van der Waals surface area (Å²) in [5, 5.41) is 0. The van der Waals surface area contributed by atoms with E-state index in [0.29, 0.717) is 6.54 Å². The molecule has 0 bridgehead atoms. The predicted octanol–water partition coefficient (Wildman–Crippen LogP) is 4.00. The number of nitrogens with two attached hydrogens (primary N) is 1. The molecule has 0 spiro atoms. The number of nitrogens with zero attached hydrogens (tertiary/aromatic N) is 2. The highest BCUT2D eigenvalue weighted by molar-refractivity contribution is 7.90. The molecule has 148 valence electrons. The molecule has 0 aromatic heterocycles. The smallest absolute Gasteiger partial charge is 0.285 e. The van der Waals surface area contributed by atoms with Gasteiger partial charge in [-0.15, -0.1) is 4.40 Å². The maximum Gasteiger partial charge on any atom is 0.285 e. The molecule has 2 N–H and O–H groups in total. The Labute approximate surface area is 167 Å². The van der Waals surface area contributed by atoms with Gasteiger partial charge in [0.1, 0.15) is 0 Å². The molecule has 3 rings (SSSR count). The Morgan fingerprint density at radius 3 is 2.46 bits per heavy atom. The molecule has 6 heteroatoms. The number of rotatable bonds is 5. The van der Waals surface area contributed by atoms with Crippen LogP contribution in [0.5, 0.6) is 0 Å². The van der Waals surface area contributed by atoms with Crippen LogP contribution in [0.2, 0.25) is 0 Å². The van der Waals surface area contributed by atoms with Crippen molar-refractivity contribution >= 4 is 16.0 Å². The van der Waals surface area contributed by atoms with Crippen LogP contribution in [0.1, 0.15) is 36.8 Å².